The fourth-order valence-electron chi connectivity index (χ4n) is 2.51. The van der Waals surface area contributed by atoms with Gasteiger partial charge in [0.25, 0.3) is 0 Å². The summed E-state index contributed by atoms with van der Waals surface area (Å²) in [5.41, 5.74) is 0.323. The molecule has 1 fully saturated rings. The molecule has 1 aliphatic heterocycles. The maximum atomic E-state index is 6.26. The highest BCUT2D eigenvalue weighted by Gasteiger charge is 2.28. The van der Waals surface area contributed by atoms with E-state index in [2.05, 4.69) is 41.0 Å². The van der Waals surface area contributed by atoms with Crippen LogP contribution in [0.25, 0.3) is 0 Å². The lowest BCUT2D eigenvalue weighted by Gasteiger charge is -2.39. The number of nitrogens with one attached hydrogen (secondary N) is 1. The van der Waals surface area contributed by atoms with E-state index in [1.54, 1.807) is 6.20 Å². The van der Waals surface area contributed by atoms with E-state index in [0.717, 1.165) is 31.9 Å². The molecular weight excluding hydrogens is 260 g/mol. The predicted octanol–water partition coefficient (Wildman–Crippen LogP) is 3.58. The fourth-order valence-corrected chi connectivity index (χ4v) is 2.72. The zero-order chi connectivity index (χ0) is 13.9. The number of rotatable bonds is 4. The molecule has 2 heterocycles. The molecule has 1 aromatic heterocycles. The van der Waals surface area contributed by atoms with Gasteiger partial charge in [0.15, 0.2) is 5.82 Å². The first-order valence-corrected chi connectivity index (χ1v) is 7.41. The van der Waals surface area contributed by atoms with E-state index in [1.807, 2.05) is 0 Å². The Morgan fingerprint density at radius 2 is 2.26 bits per heavy atom. The number of piperidine rings is 1. The van der Waals surface area contributed by atoms with Crippen LogP contribution in [0.5, 0.6) is 0 Å². The van der Waals surface area contributed by atoms with E-state index in [1.165, 1.54) is 12.8 Å². The third-order valence-corrected chi connectivity index (χ3v) is 3.73. The minimum Gasteiger partial charge on any atom is -0.355 e. The Labute approximate surface area is 120 Å². The molecule has 5 heteroatoms. The third kappa shape index (κ3) is 3.72. The second-order valence-corrected chi connectivity index (χ2v) is 6.39. The van der Waals surface area contributed by atoms with Gasteiger partial charge < -0.3 is 10.2 Å². The van der Waals surface area contributed by atoms with Crippen LogP contribution in [0.4, 0.5) is 11.8 Å². The molecule has 4 nitrogen and oxygen atoms in total. The molecule has 2 rings (SSSR count). The van der Waals surface area contributed by atoms with E-state index in [9.17, 15) is 0 Å². The Morgan fingerprint density at radius 1 is 1.47 bits per heavy atom. The summed E-state index contributed by atoms with van der Waals surface area (Å²) >= 11 is 6.26. The fraction of sp³-hybridized carbons (Fsp3) is 0.714. The number of halogens is 1. The monoisotopic (exact) mass is 282 g/mol. The Morgan fingerprint density at radius 3 is 2.95 bits per heavy atom. The van der Waals surface area contributed by atoms with Gasteiger partial charge in [-0.3, -0.25) is 0 Å². The highest BCUT2D eigenvalue weighted by atomic mass is 35.5. The maximum absolute atomic E-state index is 6.26. The zero-order valence-electron chi connectivity index (χ0n) is 12.0. The van der Waals surface area contributed by atoms with Crippen molar-refractivity contribution in [3.8, 4) is 0 Å². The van der Waals surface area contributed by atoms with Gasteiger partial charge >= 0.3 is 0 Å². The van der Waals surface area contributed by atoms with Gasteiger partial charge in [-0.1, -0.05) is 32.4 Å². The second-order valence-electron chi connectivity index (χ2n) is 5.98. The molecule has 0 amide bonds. The second kappa shape index (κ2) is 5.95. The Hall–Kier alpha value is -1.03. The largest absolute Gasteiger partial charge is 0.355 e. The van der Waals surface area contributed by atoms with Gasteiger partial charge in [-0.05, 0) is 24.7 Å². The standard InChI is InChI=1S/C14H23ClN4/c1-4-7-16-13-17-9-11(15)12(18-13)19-8-5-6-14(2,3)10-19/h9H,4-8,10H2,1-3H3,(H,16,17,18). The van der Waals surface area contributed by atoms with Crippen LogP contribution in [0.2, 0.25) is 5.02 Å². The minimum absolute atomic E-state index is 0.323. The molecule has 0 saturated carbocycles. The summed E-state index contributed by atoms with van der Waals surface area (Å²) in [4.78, 5) is 11.1. The summed E-state index contributed by atoms with van der Waals surface area (Å²) in [5, 5.41) is 3.85. The van der Waals surface area contributed by atoms with Gasteiger partial charge in [-0.15, -0.1) is 0 Å². The summed E-state index contributed by atoms with van der Waals surface area (Å²) in [6.45, 7) is 9.61. The van der Waals surface area contributed by atoms with Crippen molar-refractivity contribution < 1.29 is 0 Å². The average Bonchev–Trinajstić information content (AvgIpc) is 2.36. The highest BCUT2D eigenvalue weighted by Crippen LogP contribution is 2.33. The highest BCUT2D eigenvalue weighted by molar-refractivity contribution is 6.32. The number of hydrogen-bond donors (Lipinski definition) is 1. The lowest BCUT2D eigenvalue weighted by molar-refractivity contribution is 0.292. The summed E-state index contributed by atoms with van der Waals surface area (Å²) < 4.78 is 0. The number of hydrogen-bond acceptors (Lipinski definition) is 4. The summed E-state index contributed by atoms with van der Waals surface area (Å²) in [7, 11) is 0. The molecule has 0 spiro atoms. The Kier molecular flexibility index (Phi) is 4.50. The lowest BCUT2D eigenvalue weighted by atomic mass is 9.84. The van der Waals surface area contributed by atoms with Gasteiger partial charge in [0.2, 0.25) is 5.95 Å². The van der Waals surface area contributed by atoms with E-state index in [-0.39, 0.29) is 0 Å². The van der Waals surface area contributed by atoms with Gasteiger partial charge in [-0.25, -0.2) is 4.98 Å². The molecule has 1 aliphatic rings. The van der Waals surface area contributed by atoms with Crippen LogP contribution in [0.1, 0.15) is 40.0 Å². The van der Waals surface area contributed by atoms with Crippen molar-refractivity contribution in [3.63, 3.8) is 0 Å². The van der Waals surface area contributed by atoms with E-state index >= 15 is 0 Å². The van der Waals surface area contributed by atoms with Crippen LogP contribution in [0.3, 0.4) is 0 Å². The van der Waals surface area contributed by atoms with Crippen molar-refractivity contribution in [1.82, 2.24) is 9.97 Å². The van der Waals surface area contributed by atoms with Gasteiger partial charge in [0.1, 0.15) is 5.02 Å². The molecule has 0 aliphatic carbocycles. The zero-order valence-corrected chi connectivity index (χ0v) is 12.8. The maximum Gasteiger partial charge on any atom is 0.224 e. The molecule has 106 valence electrons. The Balaban J connectivity index is 2.18. The van der Waals surface area contributed by atoms with E-state index in [4.69, 9.17) is 11.6 Å². The van der Waals surface area contributed by atoms with E-state index < -0.39 is 0 Å². The van der Waals surface area contributed by atoms with Gasteiger partial charge in [-0.2, -0.15) is 4.98 Å². The average molecular weight is 283 g/mol. The van der Waals surface area contributed by atoms with Crippen LogP contribution >= 0.6 is 11.6 Å². The van der Waals surface area contributed by atoms with Crippen LogP contribution in [-0.4, -0.2) is 29.6 Å². The first-order valence-electron chi connectivity index (χ1n) is 7.03. The van der Waals surface area contributed by atoms with Crippen molar-refractivity contribution in [1.29, 1.82) is 0 Å². The van der Waals surface area contributed by atoms with E-state index in [0.29, 0.717) is 16.4 Å². The van der Waals surface area contributed by atoms with Crippen molar-refractivity contribution >= 4 is 23.4 Å². The van der Waals surface area contributed by atoms with Crippen LogP contribution < -0.4 is 10.2 Å². The molecule has 1 N–H and O–H groups in total. The van der Waals surface area contributed by atoms with Gasteiger partial charge in [0.05, 0.1) is 6.20 Å². The van der Waals surface area contributed by atoms with Crippen LogP contribution in [0, 0.1) is 5.41 Å². The SMILES string of the molecule is CCCNc1ncc(Cl)c(N2CCCC(C)(C)C2)n1. The quantitative estimate of drug-likeness (QED) is 0.916. The van der Waals surface area contributed by atoms with Crippen LogP contribution in [0.15, 0.2) is 6.20 Å². The van der Waals surface area contributed by atoms with Crippen molar-refractivity contribution in [2.45, 2.75) is 40.0 Å². The molecule has 0 unspecified atom stereocenters. The number of nitrogens with zero attached hydrogens (tertiary/aromatic N) is 3. The number of anilines is 2. The minimum atomic E-state index is 0.323. The molecule has 0 bridgehead atoms. The van der Waals surface area contributed by atoms with Crippen molar-refractivity contribution in [2.24, 2.45) is 5.41 Å². The predicted molar refractivity (Wildman–Crippen MR) is 81.1 cm³/mol. The van der Waals surface area contributed by atoms with Crippen molar-refractivity contribution in [2.75, 3.05) is 29.9 Å². The smallest absolute Gasteiger partial charge is 0.224 e. The summed E-state index contributed by atoms with van der Waals surface area (Å²) in [5.74, 6) is 1.53. The third-order valence-electron chi connectivity index (χ3n) is 3.46. The number of aromatic nitrogens is 2. The molecule has 1 aromatic rings. The topological polar surface area (TPSA) is 41.1 Å². The molecule has 19 heavy (non-hydrogen) atoms. The van der Waals surface area contributed by atoms with Crippen LogP contribution in [-0.2, 0) is 0 Å². The molecule has 0 aromatic carbocycles. The first kappa shape index (κ1) is 14.4. The molecular formula is C14H23ClN4. The molecule has 0 radical (unpaired) electrons. The first-order chi connectivity index (χ1) is 9.02. The normalized spacial score (nSPS) is 18.4. The summed E-state index contributed by atoms with van der Waals surface area (Å²) in [6.07, 6.45) is 5.19. The van der Waals surface area contributed by atoms with Gasteiger partial charge in [0, 0.05) is 19.6 Å². The Bertz CT molecular complexity index is 433. The van der Waals surface area contributed by atoms with Crippen molar-refractivity contribution in [3.05, 3.63) is 11.2 Å². The molecule has 0 atom stereocenters. The summed E-state index contributed by atoms with van der Waals surface area (Å²) in [6, 6.07) is 0. The lowest BCUT2D eigenvalue weighted by Crippen LogP contribution is -2.40. The molecule has 1 saturated heterocycles.